The van der Waals surface area contributed by atoms with Crippen LogP contribution in [0.25, 0.3) is 0 Å². The maximum Gasteiger partial charge on any atom is 0.291 e. The number of nitrogens with zero attached hydrogens (tertiary/aromatic N) is 3. The van der Waals surface area contributed by atoms with Crippen LogP contribution in [0, 0.1) is 17.0 Å². The van der Waals surface area contributed by atoms with Gasteiger partial charge >= 0.3 is 0 Å². The van der Waals surface area contributed by atoms with Crippen molar-refractivity contribution in [2.75, 3.05) is 12.8 Å². The van der Waals surface area contributed by atoms with Gasteiger partial charge in [0.05, 0.1) is 29.0 Å². The first kappa shape index (κ1) is 26.0. The highest BCUT2D eigenvalue weighted by atomic mass is 35.5. The topological polar surface area (TPSA) is 142 Å². The molecule has 0 fully saturated rings. The van der Waals surface area contributed by atoms with Gasteiger partial charge in [-0.1, -0.05) is 34.8 Å². The molecule has 0 aliphatic rings. The Bertz CT molecular complexity index is 1330. The summed E-state index contributed by atoms with van der Waals surface area (Å²) in [7, 11) is 1.52. The zero-order valence-electron chi connectivity index (χ0n) is 18.3. The fourth-order valence-corrected chi connectivity index (χ4v) is 3.57. The number of nitrogens with one attached hydrogen (secondary N) is 1. The van der Waals surface area contributed by atoms with Crippen molar-refractivity contribution in [2.24, 2.45) is 5.10 Å². The molecule has 0 spiro atoms. The van der Waals surface area contributed by atoms with E-state index in [1.165, 1.54) is 25.5 Å². The fraction of sp³-hybridized carbons (Fsp3) is 0.136. The fourth-order valence-electron chi connectivity index (χ4n) is 2.98. The molecule has 182 valence electrons. The predicted octanol–water partition coefficient (Wildman–Crippen LogP) is 5.19. The number of amides is 1. The Hall–Kier alpha value is -3.60. The van der Waals surface area contributed by atoms with E-state index in [2.05, 4.69) is 15.5 Å². The molecule has 3 aromatic rings. The average Bonchev–Trinajstić information content (AvgIpc) is 2.83. The summed E-state index contributed by atoms with van der Waals surface area (Å²) < 4.78 is 11.1. The van der Waals surface area contributed by atoms with Crippen LogP contribution in [-0.2, 0) is 6.61 Å². The minimum atomic E-state index is -0.734. The van der Waals surface area contributed by atoms with Crippen molar-refractivity contribution in [3.8, 4) is 11.5 Å². The first-order valence-corrected chi connectivity index (χ1v) is 10.9. The Morgan fingerprint density at radius 3 is 2.63 bits per heavy atom. The van der Waals surface area contributed by atoms with Crippen LogP contribution in [0.5, 0.6) is 11.5 Å². The number of rotatable bonds is 8. The first-order valence-electron chi connectivity index (χ1n) is 9.80. The van der Waals surface area contributed by atoms with Crippen LogP contribution in [-0.4, -0.2) is 29.1 Å². The maximum absolute atomic E-state index is 12.4. The Morgan fingerprint density at radius 1 is 1.23 bits per heavy atom. The van der Waals surface area contributed by atoms with Crippen LogP contribution in [0.3, 0.4) is 0 Å². The van der Waals surface area contributed by atoms with Gasteiger partial charge in [-0.25, -0.2) is 10.4 Å². The molecule has 1 aromatic heterocycles. The van der Waals surface area contributed by atoms with Gasteiger partial charge in [-0.05, 0) is 42.8 Å². The van der Waals surface area contributed by atoms with Crippen molar-refractivity contribution in [2.45, 2.75) is 13.5 Å². The first-order chi connectivity index (χ1) is 16.6. The van der Waals surface area contributed by atoms with Gasteiger partial charge in [0.25, 0.3) is 11.6 Å². The van der Waals surface area contributed by atoms with Gasteiger partial charge in [0, 0.05) is 17.2 Å². The molecule has 0 atom stereocenters. The van der Waals surface area contributed by atoms with Crippen molar-refractivity contribution in [3.63, 3.8) is 0 Å². The summed E-state index contributed by atoms with van der Waals surface area (Å²) >= 11 is 17.8. The van der Waals surface area contributed by atoms with Crippen molar-refractivity contribution < 1.29 is 19.2 Å². The highest BCUT2D eigenvalue weighted by Crippen LogP contribution is 2.34. The molecule has 0 radical (unpaired) electrons. The number of nitrogens with two attached hydrogens (primary N) is 1. The highest BCUT2D eigenvalue weighted by Gasteiger charge is 2.19. The zero-order valence-corrected chi connectivity index (χ0v) is 20.6. The number of halogens is 3. The third-order valence-corrected chi connectivity index (χ3v) is 5.87. The molecular formula is C22H18Cl3N5O5. The lowest BCUT2D eigenvalue weighted by Crippen LogP contribution is -2.20. The summed E-state index contributed by atoms with van der Waals surface area (Å²) in [6.45, 7) is 1.75. The average molecular weight is 539 g/mol. The number of hydrogen-bond donors (Lipinski definition) is 2. The molecule has 0 saturated carbocycles. The number of aromatic nitrogens is 1. The quantitative estimate of drug-likeness (QED) is 0.174. The normalized spacial score (nSPS) is 10.9. The number of ether oxygens (including phenoxy) is 2. The lowest BCUT2D eigenvalue weighted by atomic mass is 10.1. The third-order valence-electron chi connectivity index (χ3n) is 4.73. The van der Waals surface area contributed by atoms with Gasteiger partial charge in [-0.15, -0.1) is 0 Å². The van der Waals surface area contributed by atoms with Crippen molar-refractivity contribution >= 4 is 58.3 Å². The number of carbonyl (C=O) groups excluding carboxylic acids is 1. The second-order valence-corrected chi connectivity index (χ2v) is 8.17. The number of methoxy groups -OCH3 is 1. The van der Waals surface area contributed by atoms with E-state index in [0.29, 0.717) is 28.2 Å². The molecule has 10 nitrogen and oxygen atoms in total. The van der Waals surface area contributed by atoms with E-state index in [0.717, 1.165) is 0 Å². The van der Waals surface area contributed by atoms with E-state index in [-0.39, 0.29) is 38.9 Å². The zero-order chi connectivity index (χ0) is 25.7. The van der Waals surface area contributed by atoms with Crippen LogP contribution in [0.2, 0.25) is 15.2 Å². The molecule has 1 heterocycles. The van der Waals surface area contributed by atoms with E-state index in [1.54, 1.807) is 31.2 Å². The molecule has 3 N–H and O–H groups in total. The van der Waals surface area contributed by atoms with Crippen molar-refractivity contribution in [1.29, 1.82) is 0 Å². The number of nitro groups is 1. The summed E-state index contributed by atoms with van der Waals surface area (Å²) in [5.41, 5.74) is 9.53. The largest absolute Gasteiger partial charge is 0.496 e. The molecule has 0 bridgehead atoms. The minimum absolute atomic E-state index is 0.00947. The summed E-state index contributed by atoms with van der Waals surface area (Å²) in [4.78, 5) is 26.7. The van der Waals surface area contributed by atoms with Gasteiger partial charge in [-0.3, -0.25) is 14.9 Å². The molecule has 3 rings (SSSR count). The Kier molecular flexibility index (Phi) is 8.34. The third kappa shape index (κ3) is 6.10. The van der Waals surface area contributed by atoms with Crippen LogP contribution >= 0.6 is 34.8 Å². The number of carbonyl (C=O) groups is 1. The second-order valence-electron chi connectivity index (χ2n) is 7.06. The van der Waals surface area contributed by atoms with Gasteiger partial charge in [-0.2, -0.15) is 5.10 Å². The summed E-state index contributed by atoms with van der Waals surface area (Å²) in [6.07, 6.45) is 1.39. The number of aryl methyl sites for hydroxylation is 1. The van der Waals surface area contributed by atoms with E-state index >= 15 is 0 Å². The molecule has 0 aliphatic carbocycles. The van der Waals surface area contributed by atoms with Crippen LogP contribution in [0.1, 0.15) is 27.2 Å². The van der Waals surface area contributed by atoms with Gasteiger partial charge in [0.1, 0.15) is 23.1 Å². The molecule has 1 amide bonds. The molecule has 2 aromatic carbocycles. The van der Waals surface area contributed by atoms with Crippen LogP contribution in [0.4, 0.5) is 11.4 Å². The number of nitrogen functional groups attached to an aromatic ring is 1. The molecular weight excluding hydrogens is 521 g/mol. The van der Waals surface area contributed by atoms with E-state index in [4.69, 9.17) is 50.0 Å². The number of hydrogen-bond acceptors (Lipinski definition) is 8. The Labute approximate surface area is 214 Å². The maximum atomic E-state index is 12.4. The lowest BCUT2D eigenvalue weighted by molar-refractivity contribution is -0.385. The Morgan fingerprint density at radius 2 is 1.97 bits per heavy atom. The molecule has 35 heavy (non-hydrogen) atoms. The number of anilines is 1. The van der Waals surface area contributed by atoms with Crippen LogP contribution in [0.15, 0.2) is 41.5 Å². The molecule has 0 aliphatic heterocycles. The van der Waals surface area contributed by atoms with Gasteiger partial charge in [0.15, 0.2) is 10.8 Å². The molecule has 0 saturated heterocycles. The predicted molar refractivity (Wildman–Crippen MR) is 134 cm³/mol. The van der Waals surface area contributed by atoms with Gasteiger partial charge < -0.3 is 15.2 Å². The Balaban J connectivity index is 1.72. The lowest BCUT2D eigenvalue weighted by Gasteiger charge is -2.12. The molecule has 0 unspecified atom stereocenters. The number of pyridine rings is 1. The number of hydrazone groups is 1. The summed E-state index contributed by atoms with van der Waals surface area (Å²) in [5.74, 6) is 0.293. The smallest absolute Gasteiger partial charge is 0.291 e. The van der Waals surface area contributed by atoms with E-state index < -0.39 is 10.8 Å². The van der Waals surface area contributed by atoms with Crippen molar-refractivity contribution in [1.82, 2.24) is 10.4 Å². The number of nitro benzene ring substituents is 1. The van der Waals surface area contributed by atoms with Crippen LogP contribution < -0.4 is 20.6 Å². The number of benzene rings is 2. The van der Waals surface area contributed by atoms with Crippen molar-refractivity contribution in [3.05, 3.63) is 84.1 Å². The second kappa shape index (κ2) is 11.2. The monoisotopic (exact) mass is 537 g/mol. The SMILES string of the molecule is COc1ccc(C=NNC(=O)c2nc(Cl)c(Cl)c(N)c2Cl)cc1COc1ccc([N+](=O)[O-])c(C)c1. The van der Waals surface area contributed by atoms with E-state index in [9.17, 15) is 14.9 Å². The highest BCUT2D eigenvalue weighted by molar-refractivity contribution is 6.46. The van der Waals surface area contributed by atoms with E-state index in [1.807, 2.05) is 0 Å². The molecule has 13 heteroatoms. The minimum Gasteiger partial charge on any atom is -0.496 e. The summed E-state index contributed by atoms with van der Waals surface area (Å²) in [6, 6.07) is 9.66. The standard InChI is InChI=1S/C22H18Cl3N5O5/c1-11-7-14(4-5-15(11)30(32)33)35-10-13-8-12(3-6-16(13)34-2)9-27-29-22(31)20-17(23)19(26)18(24)21(25)28-20/h3-9H,10H2,1-2H3,(H2,26,28)(H,29,31). The van der Waals surface area contributed by atoms with Gasteiger partial charge in [0.2, 0.25) is 0 Å². The summed E-state index contributed by atoms with van der Waals surface area (Å²) in [5, 5.41) is 14.5.